The lowest BCUT2D eigenvalue weighted by atomic mass is 10.1. The Balaban J connectivity index is 2.91. The summed E-state index contributed by atoms with van der Waals surface area (Å²) >= 11 is 0. The maximum absolute atomic E-state index is 11.1. The van der Waals surface area contributed by atoms with Crippen molar-refractivity contribution in [1.29, 1.82) is 0 Å². The Hall–Kier alpha value is -1.09. The summed E-state index contributed by atoms with van der Waals surface area (Å²) in [5.74, 6) is 0. The van der Waals surface area contributed by atoms with Crippen molar-refractivity contribution < 1.29 is 5.11 Å². The van der Waals surface area contributed by atoms with Crippen molar-refractivity contribution in [2.24, 2.45) is 0 Å². The topological polar surface area (TPSA) is 42.2 Å². The van der Waals surface area contributed by atoms with E-state index in [9.17, 15) is 9.90 Å². The van der Waals surface area contributed by atoms with Gasteiger partial charge in [-0.15, -0.1) is 0 Å². The van der Waals surface area contributed by atoms with E-state index < -0.39 is 5.60 Å². The maximum Gasteiger partial charge on any atom is 0.250 e. The van der Waals surface area contributed by atoms with Gasteiger partial charge in [-0.3, -0.25) is 4.79 Å². The minimum absolute atomic E-state index is 0.0837. The zero-order valence-corrected chi connectivity index (χ0v) is 7.32. The lowest BCUT2D eigenvalue weighted by Crippen LogP contribution is -2.31. The highest BCUT2D eigenvalue weighted by atomic mass is 16.3. The minimum atomic E-state index is -0.842. The number of aromatic nitrogens is 1. The predicted molar refractivity (Wildman–Crippen MR) is 47.0 cm³/mol. The van der Waals surface area contributed by atoms with Crippen LogP contribution in [0.15, 0.2) is 29.2 Å². The quantitative estimate of drug-likeness (QED) is 0.701. The molecule has 0 atom stereocenters. The first-order valence-corrected chi connectivity index (χ1v) is 3.87. The van der Waals surface area contributed by atoms with Crippen molar-refractivity contribution in [3.8, 4) is 0 Å². The molecule has 1 aromatic rings. The van der Waals surface area contributed by atoms with Gasteiger partial charge in [0, 0.05) is 12.3 Å². The van der Waals surface area contributed by atoms with Gasteiger partial charge in [0.15, 0.2) is 0 Å². The number of pyridine rings is 1. The summed E-state index contributed by atoms with van der Waals surface area (Å²) < 4.78 is 1.49. The molecule has 0 unspecified atom stereocenters. The van der Waals surface area contributed by atoms with Crippen LogP contribution >= 0.6 is 0 Å². The molecule has 0 spiro atoms. The van der Waals surface area contributed by atoms with Gasteiger partial charge in [0.25, 0.3) is 5.56 Å². The molecule has 0 radical (unpaired) electrons. The van der Waals surface area contributed by atoms with Gasteiger partial charge in [0.2, 0.25) is 0 Å². The molecule has 0 bridgehead atoms. The first-order chi connectivity index (χ1) is 5.49. The third kappa shape index (κ3) is 2.51. The predicted octanol–water partition coefficient (Wildman–Crippen LogP) is 0.619. The summed E-state index contributed by atoms with van der Waals surface area (Å²) in [7, 11) is 0. The third-order valence-corrected chi connectivity index (χ3v) is 1.46. The molecule has 0 aromatic carbocycles. The summed E-state index contributed by atoms with van der Waals surface area (Å²) in [6, 6.07) is 4.93. The molecule has 1 N–H and O–H groups in total. The van der Waals surface area contributed by atoms with E-state index in [0.29, 0.717) is 6.54 Å². The van der Waals surface area contributed by atoms with Crippen LogP contribution < -0.4 is 5.56 Å². The molecule has 0 aliphatic heterocycles. The fourth-order valence-electron chi connectivity index (χ4n) is 1.01. The highest BCUT2D eigenvalue weighted by Crippen LogP contribution is 2.02. The smallest absolute Gasteiger partial charge is 0.250 e. The molecule has 0 saturated heterocycles. The molecule has 1 aromatic heterocycles. The van der Waals surface area contributed by atoms with E-state index in [2.05, 4.69) is 0 Å². The normalized spacial score (nSPS) is 11.6. The minimum Gasteiger partial charge on any atom is -0.389 e. The molecule has 0 amide bonds. The van der Waals surface area contributed by atoms with Crippen molar-refractivity contribution in [2.45, 2.75) is 26.0 Å². The lowest BCUT2D eigenvalue weighted by molar-refractivity contribution is 0.0604. The maximum atomic E-state index is 11.1. The van der Waals surface area contributed by atoms with Gasteiger partial charge in [0.1, 0.15) is 0 Å². The van der Waals surface area contributed by atoms with Gasteiger partial charge in [-0.2, -0.15) is 0 Å². The monoisotopic (exact) mass is 167 g/mol. The fraction of sp³-hybridized carbons (Fsp3) is 0.444. The second-order valence-electron chi connectivity index (χ2n) is 3.48. The molecule has 66 valence electrons. The highest BCUT2D eigenvalue weighted by Gasteiger charge is 2.13. The average molecular weight is 167 g/mol. The molecule has 3 heteroatoms. The zero-order valence-electron chi connectivity index (χ0n) is 7.32. The number of rotatable bonds is 2. The summed E-state index contributed by atoms with van der Waals surface area (Å²) in [6.45, 7) is 3.67. The van der Waals surface area contributed by atoms with Crippen LogP contribution in [0.25, 0.3) is 0 Å². The van der Waals surface area contributed by atoms with Crippen molar-refractivity contribution in [3.05, 3.63) is 34.7 Å². The van der Waals surface area contributed by atoms with E-state index in [0.717, 1.165) is 0 Å². The number of hydrogen-bond acceptors (Lipinski definition) is 2. The van der Waals surface area contributed by atoms with E-state index in [1.165, 1.54) is 10.6 Å². The van der Waals surface area contributed by atoms with Gasteiger partial charge < -0.3 is 9.67 Å². The van der Waals surface area contributed by atoms with Crippen LogP contribution in [0.3, 0.4) is 0 Å². The zero-order chi connectivity index (χ0) is 9.19. The number of nitrogens with zero attached hydrogens (tertiary/aromatic N) is 1. The standard InChI is InChI=1S/C9H13NO2/c1-9(2,12)7-10-6-4-3-5-8(10)11/h3-6,12H,7H2,1-2H3. The fourth-order valence-corrected chi connectivity index (χ4v) is 1.01. The Kier molecular flexibility index (Phi) is 2.33. The molecule has 1 rings (SSSR count). The Labute approximate surface area is 71.3 Å². The molecule has 12 heavy (non-hydrogen) atoms. The summed E-state index contributed by atoms with van der Waals surface area (Å²) in [5.41, 5.74) is -0.926. The van der Waals surface area contributed by atoms with Crippen molar-refractivity contribution in [1.82, 2.24) is 4.57 Å². The first kappa shape index (κ1) is 9.00. The van der Waals surface area contributed by atoms with Crippen LogP contribution in [0.1, 0.15) is 13.8 Å². The van der Waals surface area contributed by atoms with Crippen LogP contribution in [-0.4, -0.2) is 15.3 Å². The molecule has 3 nitrogen and oxygen atoms in total. The Morgan fingerprint density at radius 1 is 1.50 bits per heavy atom. The van der Waals surface area contributed by atoms with E-state index >= 15 is 0 Å². The van der Waals surface area contributed by atoms with Crippen LogP contribution in [0.2, 0.25) is 0 Å². The molecule has 0 fully saturated rings. The van der Waals surface area contributed by atoms with E-state index in [1.807, 2.05) is 0 Å². The Morgan fingerprint density at radius 3 is 2.67 bits per heavy atom. The second kappa shape index (κ2) is 3.11. The largest absolute Gasteiger partial charge is 0.389 e. The van der Waals surface area contributed by atoms with Crippen molar-refractivity contribution in [3.63, 3.8) is 0 Å². The molecule has 0 saturated carbocycles. The van der Waals surface area contributed by atoms with E-state index in [1.54, 1.807) is 32.2 Å². The van der Waals surface area contributed by atoms with Gasteiger partial charge in [-0.05, 0) is 19.9 Å². The third-order valence-electron chi connectivity index (χ3n) is 1.46. The number of hydrogen-bond donors (Lipinski definition) is 1. The van der Waals surface area contributed by atoms with Gasteiger partial charge in [-0.1, -0.05) is 6.07 Å². The average Bonchev–Trinajstić information content (AvgIpc) is 1.91. The summed E-state index contributed by atoms with van der Waals surface area (Å²) in [6.07, 6.45) is 1.67. The molecular weight excluding hydrogens is 154 g/mol. The van der Waals surface area contributed by atoms with Crippen molar-refractivity contribution >= 4 is 0 Å². The van der Waals surface area contributed by atoms with Crippen LogP contribution in [0.5, 0.6) is 0 Å². The van der Waals surface area contributed by atoms with Crippen LogP contribution in [0, 0.1) is 0 Å². The molecule has 0 aliphatic carbocycles. The van der Waals surface area contributed by atoms with Gasteiger partial charge in [-0.25, -0.2) is 0 Å². The summed E-state index contributed by atoms with van der Waals surface area (Å²) in [4.78, 5) is 11.1. The first-order valence-electron chi connectivity index (χ1n) is 3.87. The Bertz CT molecular complexity index is 309. The van der Waals surface area contributed by atoms with Gasteiger partial charge >= 0.3 is 0 Å². The lowest BCUT2D eigenvalue weighted by Gasteiger charge is -2.17. The Morgan fingerprint density at radius 2 is 2.17 bits per heavy atom. The number of aliphatic hydroxyl groups is 1. The second-order valence-corrected chi connectivity index (χ2v) is 3.48. The molecule has 1 heterocycles. The summed E-state index contributed by atoms with van der Waals surface area (Å²) in [5, 5.41) is 9.44. The SMILES string of the molecule is CC(C)(O)Cn1ccccc1=O. The van der Waals surface area contributed by atoms with E-state index in [4.69, 9.17) is 0 Å². The molecular formula is C9H13NO2. The van der Waals surface area contributed by atoms with Gasteiger partial charge in [0.05, 0.1) is 12.1 Å². The van der Waals surface area contributed by atoms with Crippen LogP contribution in [0.4, 0.5) is 0 Å². The van der Waals surface area contributed by atoms with Crippen LogP contribution in [-0.2, 0) is 6.54 Å². The highest BCUT2D eigenvalue weighted by molar-refractivity contribution is 4.94. The molecule has 0 aliphatic rings. The van der Waals surface area contributed by atoms with Crippen molar-refractivity contribution in [2.75, 3.05) is 0 Å². The van der Waals surface area contributed by atoms with E-state index in [-0.39, 0.29) is 5.56 Å².